The molecule has 25 heavy (non-hydrogen) atoms. The van der Waals surface area contributed by atoms with Crippen molar-refractivity contribution in [3.8, 4) is 0 Å². The Morgan fingerprint density at radius 3 is 2.72 bits per heavy atom. The van der Waals surface area contributed by atoms with E-state index in [-0.39, 0.29) is 22.4 Å². The highest BCUT2D eigenvalue weighted by Gasteiger charge is 2.65. The Morgan fingerprint density at radius 1 is 1.12 bits per heavy atom. The molecule has 4 aliphatic carbocycles. The maximum Gasteiger partial charge on any atom is 0.306 e. The number of hydrogen-bond acceptors (Lipinski definition) is 2. The van der Waals surface area contributed by atoms with Crippen molar-refractivity contribution >= 4 is 5.97 Å². The van der Waals surface area contributed by atoms with E-state index in [1.807, 2.05) is 0 Å². The van der Waals surface area contributed by atoms with Gasteiger partial charge in [-0.15, -0.1) is 0 Å². The highest BCUT2D eigenvalue weighted by molar-refractivity contribution is 5.72. The lowest BCUT2D eigenvalue weighted by Gasteiger charge is -2.55. The van der Waals surface area contributed by atoms with Crippen molar-refractivity contribution < 1.29 is 9.53 Å². The molecule has 0 N–H and O–H groups in total. The second-order valence-electron chi connectivity index (χ2n) is 9.70. The molecule has 3 fully saturated rings. The minimum absolute atomic E-state index is 0.0308. The number of esters is 1. The highest BCUT2D eigenvalue weighted by Crippen LogP contribution is 2.68. The Labute approximate surface area is 151 Å². The molecule has 5 aliphatic rings. The second kappa shape index (κ2) is 4.90. The molecule has 0 bridgehead atoms. The maximum absolute atomic E-state index is 11.9. The summed E-state index contributed by atoms with van der Waals surface area (Å²) in [5, 5.41) is 0. The van der Waals surface area contributed by atoms with E-state index < -0.39 is 0 Å². The smallest absolute Gasteiger partial charge is 0.306 e. The monoisotopic (exact) mass is 338 g/mol. The fourth-order valence-corrected chi connectivity index (χ4v) is 7.23. The Balaban J connectivity index is 1.55. The SMILES string of the molecule is C=C1C=C2CCC3C(=CCC4(C)C3CC[C@@]43CCC(=O)O3)C2(C)CC1. The number of allylic oxidation sites excluding steroid dienone is 5. The van der Waals surface area contributed by atoms with E-state index in [4.69, 9.17) is 4.74 Å². The van der Waals surface area contributed by atoms with Crippen molar-refractivity contribution in [1.82, 2.24) is 0 Å². The van der Waals surface area contributed by atoms with Gasteiger partial charge in [0, 0.05) is 17.3 Å². The molecule has 4 unspecified atom stereocenters. The first-order valence-electron chi connectivity index (χ1n) is 10.2. The van der Waals surface area contributed by atoms with Gasteiger partial charge >= 0.3 is 5.97 Å². The zero-order valence-corrected chi connectivity index (χ0v) is 15.7. The number of carbonyl (C=O) groups is 1. The number of rotatable bonds is 0. The van der Waals surface area contributed by atoms with Gasteiger partial charge in [0.1, 0.15) is 5.60 Å². The van der Waals surface area contributed by atoms with Crippen LogP contribution in [0.2, 0.25) is 0 Å². The fourth-order valence-electron chi connectivity index (χ4n) is 7.23. The number of hydrogen-bond donors (Lipinski definition) is 0. The van der Waals surface area contributed by atoms with E-state index in [0.29, 0.717) is 18.3 Å². The van der Waals surface area contributed by atoms with E-state index in [1.165, 1.54) is 31.3 Å². The summed E-state index contributed by atoms with van der Waals surface area (Å²) < 4.78 is 6.02. The van der Waals surface area contributed by atoms with Crippen molar-refractivity contribution in [2.75, 3.05) is 0 Å². The molecule has 5 atom stereocenters. The molecule has 2 nitrogen and oxygen atoms in total. The lowest BCUT2D eigenvalue weighted by Crippen LogP contribution is -2.50. The maximum atomic E-state index is 11.9. The first kappa shape index (κ1) is 15.9. The Morgan fingerprint density at radius 2 is 1.96 bits per heavy atom. The van der Waals surface area contributed by atoms with Gasteiger partial charge in [-0.25, -0.2) is 0 Å². The fraction of sp³-hybridized carbons (Fsp3) is 0.696. The number of fused-ring (bicyclic) bond motifs is 6. The average molecular weight is 338 g/mol. The first-order chi connectivity index (χ1) is 11.9. The highest BCUT2D eigenvalue weighted by atomic mass is 16.6. The van der Waals surface area contributed by atoms with Crippen LogP contribution in [0.15, 0.2) is 35.5 Å². The van der Waals surface area contributed by atoms with Gasteiger partial charge in [0.25, 0.3) is 0 Å². The summed E-state index contributed by atoms with van der Waals surface area (Å²) >= 11 is 0. The molecule has 0 aromatic carbocycles. The van der Waals surface area contributed by atoms with Gasteiger partial charge in [-0.2, -0.15) is 0 Å². The molecule has 1 saturated heterocycles. The molecule has 2 heteroatoms. The summed E-state index contributed by atoms with van der Waals surface area (Å²) in [4.78, 5) is 11.9. The summed E-state index contributed by atoms with van der Waals surface area (Å²) in [5.41, 5.74) is 4.87. The van der Waals surface area contributed by atoms with E-state index >= 15 is 0 Å². The van der Waals surface area contributed by atoms with Crippen LogP contribution in [0.3, 0.4) is 0 Å². The van der Waals surface area contributed by atoms with Crippen LogP contribution < -0.4 is 0 Å². The quantitative estimate of drug-likeness (QED) is 0.430. The lowest BCUT2D eigenvalue weighted by atomic mass is 9.50. The molecule has 5 rings (SSSR count). The van der Waals surface area contributed by atoms with Crippen LogP contribution >= 0.6 is 0 Å². The van der Waals surface area contributed by atoms with Crippen LogP contribution in [0.25, 0.3) is 0 Å². The zero-order chi connectivity index (χ0) is 17.4. The molecular weight excluding hydrogens is 308 g/mol. The molecular formula is C23H30O2. The molecule has 134 valence electrons. The second-order valence-corrected chi connectivity index (χ2v) is 9.70. The molecule has 1 aliphatic heterocycles. The van der Waals surface area contributed by atoms with Crippen molar-refractivity contribution in [2.45, 2.75) is 77.2 Å². The van der Waals surface area contributed by atoms with Crippen LogP contribution in [0, 0.1) is 22.7 Å². The van der Waals surface area contributed by atoms with Gasteiger partial charge in [-0.1, -0.05) is 49.3 Å². The summed E-state index contributed by atoms with van der Waals surface area (Å²) in [7, 11) is 0. The third-order valence-electron chi connectivity index (χ3n) is 8.79. The minimum Gasteiger partial charge on any atom is -0.458 e. The predicted octanol–water partition coefficient (Wildman–Crippen LogP) is 5.50. The van der Waals surface area contributed by atoms with Gasteiger partial charge in [0.05, 0.1) is 0 Å². The minimum atomic E-state index is -0.172. The largest absolute Gasteiger partial charge is 0.458 e. The third-order valence-corrected chi connectivity index (χ3v) is 8.79. The number of ether oxygens (including phenoxy) is 1. The molecule has 2 saturated carbocycles. The summed E-state index contributed by atoms with van der Waals surface area (Å²) in [6.07, 6.45) is 14.8. The normalized spacial score (nSPS) is 48.4. The van der Waals surface area contributed by atoms with E-state index in [0.717, 1.165) is 25.7 Å². The van der Waals surface area contributed by atoms with Crippen LogP contribution in [0.1, 0.15) is 71.6 Å². The van der Waals surface area contributed by atoms with E-state index in [1.54, 1.807) is 11.1 Å². The van der Waals surface area contributed by atoms with Crippen LogP contribution in [-0.2, 0) is 9.53 Å². The van der Waals surface area contributed by atoms with E-state index in [9.17, 15) is 4.79 Å². The van der Waals surface area contributed by atoms with Crippen LogP contribution in [0.5, 0.6) is 0 Å². The van der Waals surface area contributed by atoms with Crippen LogP contribution in [-0.4, -0.2) is 11.6 Å². The van der Waals surface area contributed by atoms with Gasteiger partial charge in [-0.05, 0) is 63.2 Å². The summed E-state index contributed by atoms with van der Waals surface area (Å²) in [6, 6.07) is 0. The van der Waals surface area contributed by atoms with E-state index in [2.05, 4.69) is 32.6 Å². The lowest BCUT2D eigenvalue weighted by molar-refractivity contribution is -0.160. The standard InChI is InChI=1S/C23H30O2/c1-15-6-10-21(2)16(14-15)4-5-17-18(21)7-11-22(3)19(17)8-12-23(22)13-9-20(24)25-23/h7,14,17,19H,1,4-6,8-13H2,2-3H3/t17?,19?,21?,22?,23-/m1/s1. The molecule has 0 aromatic rings. The van der Waals surface area contributed by atoms with Crippen molar-refractivity contribution in [1.29, 1.82) is 0 Å². The van der Waals surface area contributed by atoms with Gasteiger partial charge in [0.2, 0.25) is 0 Å². The summed E-state index contributed by atoms with van der Waals surface area (Å²) in [5.74, 6) is 1.40. The Kier molecular flexibility index (Phi) is 3.12. The van der Waals surface area contributed by atoms with Crippen molar-refractivity contribution in [3.63, 3.8) is 0 Å². The topological polar surface area (TPSA) is 26.3 Å². The van der Waals surface area contributed by atoms with Gasteiger partial charge < -0.3 is 4.74 Å². The summed E-state index contributed by atoms with van der Waals surface area (Å²) in [6.45, 7) is 9.12. The van der Waals surface area contributed by atoms with Crippen LogP contribution in [0.4, 0.5) is 0 Å². The molecule has 0 radical (unpaired) electrons. The van der Waals surface area contributed by atoms with Gasteiger partial charge in [-0.3, -0.25) is 4.79 Å². The van der Waals surface area contributed by atoms with Crippen molar-refractivity contribution in [2.24, 2.45) is 22.7 Å². The van der Waals surface area contributed by atoms with Crippen molar-refractivity contribution in [3.05, 3.63) is 35.5 Å². The Bertz CT molecular complexity index is 728. The molecule has 0 amide bonds. The molecule has 1 heterocycles. The zero-order valence-electron chi connectivity index (χ0n) is 15.7. The molecule has 0 aromatic heterocycles. The first-order valence-corrected chi connectivity index (χ1v) is 10.2. The Hall–Kier alpha value is -1.31. The van der Waals surface area contributed by atoms with Gasteiger partial charge in [0.15, 0.2) is 0 Å². The average Bonchev–Trinajstić information content (AvgIpc) is 3.10. The number of carbonyl (C=O) groups excluding carboxylic acids is 1. The third kappa shape index (κ3) is 1.89. The predicted molar refractivity (Wildman–Crippen MR) is 98.9 cm³/mol. The molecule has 1 spiro atoms.